The monoisotopic (exact) mass is 495 g/mol. The van der Waals surface area contributed by atoms with E-state index in [4.69, 9.17) is 9.73 Å². The Morgan fingerprint density at radius 3 is 2.33 bits per heavy atom. The van der Waals surface area contributed by atoms with Gasteiger partial charge in [-0.25, -0.2) is 0 Å². The highest BCUT2D eigenvalue weighted by Gasteiger charge is 2.14. The van der Waals surface area contributed by atoms with Crippen LogP contribution in [0.15, 0.2) is 4.99 Å². The first-order valence-electron chi connectivity index (χ1n) is 10.8. The molecule has 2 N–H and O–H groups in total. The maximum absolute atomic E-state index is 5.39. The van der Waals surface area contributed by atoms with E-state index in [-0.39, 0.29) is 24.0 Å². The normalized spacial score (nSPS) is 20.3. The van der Waals surface area contributed by atoms with Gasteiger partial charge in [0.25, 0.3) is 0 Å². The minimum absolute atomic E-state index is 0. The Hall–Kier alpha value is -0.120. The minimum Gasteiger partial charge on any atom is -0.379 e. The second-order valence-electron chi connectivity index (χ2n) is 7.73. The zero-order valence-electron chi connectivity index (χ0n) is 17.5. The van der Waals surface area contributed by atoms with Gasteiger partial charge in [0.2, 0.25) is 0 Å². The van der Waals surface area contributed by atoms with Crippen LogP contribution < -0.4 is 10.6 Å². The molecule has 0 aromatic carbocycles. The number of piperidine rings is 1. The molecule has 2 aliphatic rings. The quantitative estimate of drug-likeness (QED) is 0.211. The number of likely N-dealkylation sites (tertiary alicyclic amines) is 1. The number of halogens is 1. The smallest absolute Gasteiger partial charge is 0.191 e. The number of rotatable bonds is 10. The van der Waals surface area contributed by atoms with Crippen LogP contribution in [0.4, 0.5) is 0 Å². The molecule has 0 amide bonds. The third kappa shape index (κ3) is 11.5. The summed E-state index contributed by atoms with van der Waals surface area (Å²) < 4.78 is 5.39. The summed E-state index contributed by atoms with van der Waals surface area (Å²) in [5.74, 6) is 1.90. The van der Waals surface area contributed by atoms with E-state index in [9.17, 15) is 0 Å². The molecule has 0 aliphatic carbocycles. The topological polar surface area (TPSA) is 52.1 Å². The van der Waals surface area contributed by atoms with Crippen LogP contribution in [-0.4, -0.2) is 87.9 Å². The first-order chi connectivity index (χ1) is 12.8. The lowest BCUT2D eigenvalue weighted by Crippen LogP contribution is -2.39. The molecule has 160 valence electrons. The van der Waals surface area contributed by atoms with Crippen molar-refractivity contribution in [1.82, 2.24) is 20.4 Å². The highest BCUT2D eigenvalue weighted by molar-refractivity contribution is 14.0. The first kappa shape index (κ1) is 24.9. The van der Waals surface area contributed by atoms with Crippen molar-refractivity contribution in [2.45, 2.75) is 46.0 Å². The van der Waals surface area contributed by atoms with E-state index in [1.54, 1.807) is 0 Å². The molecule has 0 spiro atoms. The molecular formula is C20H42IN5O. The van der Waals surface area contributed by atoms with Crippen LogP contribution in [0.1, 0.15) is 46.0 Å². The summed E-state index contributed by atoms with van der Waals surface area (Å²) in [4.78, 5) is 9.82. The minimum atomic E-state index is 0. The lowest BCUT2D eigenvalue weighted by Gasteiger charge is -2.30. The van der Waals surface area contributed by atoms with Gasteiger partial charge < -0.3 is 20.3 Å². The second kappa shape index (κ2) is 15.8. The Morgan fingerprint density at radius 2 is 1.63 bits per heavy atom. The van der Waals surface area contributed by atoms with E-state index in [0.717, 1.165) is 70.8 Å². The van der Waals surface area contributed by atoms with Crippen LogP contribution in [0, 0.1) is 5.92 Å². The van der Waals surface area contributed by atoms with Crippen LogP contribution >= 0.6 is 24.0 Å². The average molecular weight is 495 g/mol. The third-order valence-electron chi connectivity index (χ3n) is 5.42. The molecule has 2 rings (SSSR count). The van der Waals surface area contributed by atoms with Gasteiger partial charge in [-0.05, 0) is 64.6 Å². The van der Waals surface area contributed by atoms with Crippen molar-refractivity contribution in [3.05, 3.63) is 0 Å². The van der Waals surface area contributed by atoms with Gasteiger partial charge in [-0.2, -0.15) is 0 Å². The maximum Gasteiger partial charge on any atom is 0.191 e. The summed E-state index contributed by atoms with van der Waals surface area (Å²) in [5, 5.41) is 6.85. The Kier molecular flexibility index (Phi) is 14.5. The van der Waals surface area contributed by atoms with Crippen molar-refractivity contribution in [1.29, 1.82) is 0 Å². The lowest BCUT2D eigenvalue weighted by molar-refractivity contribution is 0.0377. The number of guanidine groups is 1. The van der Waals surface area contributed by atoms with Crippen molar-refractivity contribution in [2.75, 3.05) is 72.1 Å². The molecule has 2 heterocycles. The van der Waals surface area contributed by atoms with Gasteiger partial charge in [-0.3, -0.25) is 9.89 Å². The van der Waals surface area contributed by atoms with Gasteiger partial charge in [0, 0.05) is 39.3 Å². The van der Waals surface area contributed by atoms with Gasteiger partial charge >= 0.3 is 0 Å². The number of aliphatic imine (C=N–C) groups is 1. The molecule has 2 aliphatic heterocycles. The third-order valence-corrected chi connectivity index (χ3v) is 5.42. The molecule has 6 nitrogen and oxygen atoms in total. The van der Waals surface area contributed by atoms with Gasteiger partial charge in [-0.15, -0.1) is 24.0 Å². The number of unbranched alkanes of at least 4 members (excludes halogenated alkanes) is 1. The van der Waals surface area contributed by atoms with Crippen LogP contribution in [0.5, 0.6) is 0 Å². The SMILES string of the molecule is CCNC(=NCCCN1CCOCC1)NCCCCN1CCC(C)CC1.I. The Labute approximate surface area is 183 Å². The molecule has 0 unspecified atom stereocenters. The molecule has 0 radical (unpaired) electrons. The molecule has 0 bridgehead atoms. The average Bonchev–Trinajstić information content (AvgIpc) is 2.67. The van der Waals surface area contributed by atoms with Crippen molar-refractivity contribution in [3.63, 3.8) is 0 Å². The zero-order chi connectivity index (χ0) is 18.5. The number of nitrogens with zero attached hydrogens (tertiary/aromatic N) is 3. The molecule has 2 fully saturated rings. The van der Waals surface area contributed by atoms with E-state index in [1.165, 1.54) is 45.3 Å². The van der Waals surface area contributed by atoms with Crippen molar-refractivity contribution in [3.8, 4) is 0 Å². The predicted octanol–water partition coefficient (Wildman–Crippen LogP) is 2.39. The highest BCUT2D eigenvalue weighted by Crippen LogP contribution is 2.15. The first-order valence-corrected chi connectivity index (χ1v) is 10.8. The lowest BCUT2D eigenvalue weighted by atomic mass is 9.99. The molecule has 0 aromatic rings. The zero-order valence-corrected chi connectivity index (χ0v) is 19.9. The molecule has 0 atom stereocenters. The summed E-state index contributed by atoms with van der Waals surface area (Å²) in [7, 11) is 0. The molecule has 7 heteroatoms. The summed E-state index contributed by atoms with van der Waals surface area (Å²) in [6.07, 6.45) is 6.35. The highest BCUT2D eigenvalue weighted by atomic mass is 127. The summed E-state index contributed by atoms with van der Waals surface area (Å²) in [5.41, 5.74) is 0. The molecule has 0 saturated carbocycles. The van der Waals surface area contributed by atoms with Crippen molar-refractivity contribution < 1.29 is 4.74 Å². The van der Waals surface area contributed by atoms with Gasteiger partial charge in [0.1, 0.15) is 0 Å². The van der Waals surface area contributed by atoms with Crippen LogP contribution in [-0.2, 0) is 4.74 Å². The largest absolute Gasteiger partial charge is 0.379 e. The van der Waals surface area contributed by atoms with Crippen LogP contribution in [0.2, 0.25) is 0 Å². The summed E-state index contributed by atoms with van der Waals surface area (Å²) >= 11 is 0. The number of hydrogen-bond donors (Lipinski definition) is 2. The van der Waals surface area contributed by atoms with E-state index in [2.05, 4.69) is 34.3 Å². The fourth-order valence-electron chi connectivity index (χ4n) is 3.60. The van der Waals surface area contributed by atoms with Gasteiger partial charge in [0.05, 0.1) is 13.2 Å². The van der Waals surface area contributed by atoms with E-state index >= 15 is 0 Å². The number of nitrogens with one attached hydrogen (secondary N) is 2. The van der Waals surface area contributed by atoms with E-state index in [0.29, 0.717) is 0 Å². The number of hydrogen-bond acceptors (Lipinski definition) is 4. The van der Waals surface area contributed by atoms with Gasteiger partial charge in [0.15, 0.2) is 5.96 Å². The molecule has 2 saturated heterocycles. The van der Waals surface area contributed by atoms with E-state index in [1.807, 2.05) is 0 Å². The Morgan fingerprint density at radius 1 is 0.963 bits per heavy atom. The van der Waals surface area contributed by atoms with Gasteiger partial charge in [-0.1, -0.05) is 6.92 Å². The number of ether oxygens (including phenoxy) is 1. The Balaban J connectivity index is 0.00000364. The second-order valence-corrected chi connectivity index (χ2v) is 7.73. The van der Waals surface area contributed by atoms with Crippen molar-refractivity contribution in [2.24, 2.45) is 10.9 Å². The van der Waals surface area contributed by atoms with E-state index < -0.39 is 0 Å². The Bertz CT molecular complexity index is 383. The fraction of sp³-hybridized carbons (Fsp3) is 0.950. The molecule has 27 heavy (non-hydrogen) atoms. The summed E-state index contributed by atoms with van der Waals surface area (Å²) in [6.45, 7) is 16.2. The number of morpholine rings is 1. The fourth-order valence-corrected chi connectivity index (χ4v) is 3.60. The van der Waals surface area contributed by atoms with Crippen molar-refractivity contribution >= 4 is 29.9 Å². The summed E-state index contributed by atoms with van der Waals surface area (Å²) in [6, 6.07) is 0. The molecule has 0 aromatic heterocycles. The predicted molar refractivity (Wildman–Crippen MR) is 125 cm³/mol. The van der Waals surface area contributed by atoms with Crippen LogP contribution in [0.3, 0.4) is 0 Å². The van der Waals surface area contributed by atoms with Crippen LogP contribution in [0.25, 0.3) is 0 Å². The molecular weight excluding hydrogens is 453 g/mol. The standard InChI is InChI=1S/C20H41N5O.HI/c1-3-21-20(23-10-6-12-25-15-17-26-18-16-25)22-9-4-5-11-24-13-7-19(2)8-14-24;/h19H,3-18H2,1-2H3,(H2,21,22,23);1H. The maximum atomic E-state index is 5.39.